The molecule has 114 valence electrons. The molecule has 0 aliphatic heterocycles. The first kappa shape index (κ1) is 16.6. The number of nitrogens with one attached hydrogen (secondary N) is 1. The van der Waals surface area contributed by atoms with Crippen LogP contribution < -0.4 is 5.32 Å². The van der Waals surface area contributed by atoms with Crippen LogP contribution >= 0.6 is 27.3 Å². The van der Waals surface area contributed by atoms with E-state index in [4.69, 9.17) is 0 Å². The van der Waals surface area contributed by atoms with Crippen LogP contribution in [0, 0.1) is 0 Å². The van der Waals surface area contributed by atoms with Gasteiger partial charge in [0.15, 0.2) is 0 Å². The van der Waals surface area contributed by atoms with E-state index in [0.29, 0.717) is 6.04 Å². The van der Waals surface area contributed by atoms with E-state index in [2.05, 4.69) is 75.6 Å². The van der Waals surface area contributed by atoms with Gasteiger partial charge in [0.25, 0.3) is 0 Å². The molecule has 0 saturated heterocycles. The summed E-state index contributed by atoms with van der Waals surface area (Å²) in [6, 6.07) is 7.12. The number of halogens is 1. The fraction of sp³-hybridized carbons (Fsp3) is 0.438. The number of aromatic nitrogens is 1. The van der Waals surface area contributed by atoms with Crippen LogP contribution in [0.1, 0.15) is 30.7 Å². The monoisotopic (exact) mass is 367 g/mol. The summed E-state index contributed by atoms with van der Waals surface area (Å²) in [6.07, 6.45) is 0. The van der Waals surface area contributed by atoms with Gasteiger partial charge in [0.1, 0.15) is 0 Å². The van der Waals surface area contributed by atoms with Crippen LogP contribution in [0.4, 0.5) is 0 Å². The fourth-order valence-corrected chi connectivity index (χ4v) is 3.19. The molecular formula is C16H22BrN3S. The van der Waals surface area contributed by atoms with Crippen LogP contribution in [0.5, 0.6) is 0 Å². The zero-order valence-corrected chi connectivity index (χ0v) is 15.2. The van der Waals surface area contributed by atoms with Gasteiger partial charge in [-0.1, -0.05) is 41.9 Å². The lowest BCUT2D eigenvalue weighted by molar-refractivity contribution is 0.315. The number of hydrogen-bond acceptors (Lipinski definition) is 4. The molecule has 0 bridgehead atoms. The Labute approximate surface area is 139 Å². The summed E-state index contributed by atoms with van der Waals surface area (Å²) in [5, 5.41) is 5.54. The molecule has 1 N–H and O–H groups in total. The molecule has 0 aliphatic carbocycles. The second-order valence-electron chi connectivity index (χ2n) is 5.61. The summed E-state index contributed by atoms with van der Waals surface area (Å²) >= 11 is 5.34. The standard InChI is InChI=1S/C16H22BrN3S/c1-12(2)18-7-13-4-5-14(16(17)6-13)8-20(3)9-15-10-21-11-19-15/h4-6,10-12,18H,7-9H2,1-3H3. The van der Waals surface area contributed by atoms with Crippen LogP contribution in [0.25, 0.3) is 0 Å². The molecule has 2 aromatic rings. The number of nitrogens with zero attached hydrogens (tertiary/aromatic N) is 2. The van der Waals surface area contributed by atoms with Gasteiger partial charge in [-0.15, -0.1) is 11.3 Å². The van der Waals surface area contributed by atoms with Gasteiger partial charge in [0.05, 0.1) is 11.2 Å². The highest BCUT2D eigenvalue weighted by atomic mass is 79.9. The summed E-state index contributed by atoms with van der Waals surface area (Å²) in [5.74, 6) is 0. The summed E-state index contributed by atoms with van der Waals surface area (Å²) in [4.78, 5) is 6.61. The van der Waals surface area contributed by atoms with Gasteiger partial charge in [0.2, 0.25) is 0 Å². The predicted molar refractivity (Wildman–Crippen MR) is 93.4 cm³/mol. The van der Waals surface area contributed by atoms with Crippen LogP contribution in [0.15, 0.2) is 33.6 Å². The Balaban J connectivity index is 1.93. The molecule has 5 heteroatoms. The lowest BCUT2D eigenvalue weighted by Gasteiger charge is -2.17. The van der Waals surface area contributed by atoms with Gasteiger partial charge in [-0.3, -0.25) is 4.90 Å². The van der Waals surface area contributed by atoms with E-state index in [-0.39, 0.29) is 0 Å². The Morgan fingerprint density at radius 2 is 2.14 bits per heavy atom. The molecule has 1 heterocycles. The van der Waals surface area contributed by atoms with Gasteiger partial charge in [-0.25, -0.2) is 4.98 Å². The van der Waals surface area contributed by atoms with Crippen molar-refractivity contribution in [2.24, 2.45) is 0 Å². The Hall–Kier alpha value is -0.750. The van der Waals surface area contributed by atoms with Crippen molar-refractivity contribution >= 4 is 27.3 Å². The van der Waals surface area contributed by atoms with E-state index in [0.717, 1.165) is 25.3 Å². The number of benzene rings is 1. The smallest absolute Gasteiger partial charge is 0.0795 e. The van der Waals surface area contributed by atoms with Crippen LogP contribution in [-0.2, 0) is 19.6 Å². The van der Waals surface area contributed by atoms with Crippen LogP contribution in [0.2, 0.25) is 0 Å². The van der Waals surface area contributed by atoms with Crippen molar-refractivity contribution in [1.29, 1.82) is 0 Å². The Bertz CT molecular complexity index is 555. The molecule has 0 aliphatic rings. The molecule has 0 atom stereocenters. The number of rotatable bonds is 7. The zero-order valence-electron chi connectivity index (χ0n) is 12.8. The molecular weight excluding hydrogens is 346 g/mol. The maximum absolute atomic E-state index is 4.33. The van der Waals surface area contributed by atoms with Gasteiger partial charge < -0.3 is 5.32 Å². The highest BCUT2D eigenvalue weighted by Gasteiger charge is 2.07. The van der Waals surface area contributed by atoms with Gasteiger partial charge >= 0.3 is 0 Å². The van der Waals surface area contributed by atoms with Gasteiger partial charge in [-0.2, -0.15) is 0 Å². The number of thiazole rings is 1. The highest BCUT2D eigenvalue weighted by molar-refractivity contribution is 9.10. The first-order chi connectivity index (χ1) is 10.0. The minimum atomic E-state index is 0.507. The van der Waals surface area contributed by atoms with Crippen molar-refractivity contribution in [3.63, 3.8) is 0 Å². The van der Waals surface area contributed by atoms with Gasteiger partial charge in [-0.05, 0) is 24.2 Å². The molecule has 0 fully saturated rings. The molecule has 0 radical (unpaired) electrons. The Morgan fingerprint density at radius 1 is 1.33 bits per heavy atom. The van der Waals surface area contributed by atoms with E-state index in [1.807, 2.05) is 5.51 Å². The molecule has 0 saturated carbocycles. The molecule has 21 heavy (non-hydrogen) atoms. The molecule has 1 aromatic carbocycles. The summed E-state index contributed by atoms with van der Waals surface area (Å²) < 4.78 is 1.18. The van der Waals surface area contributed by atoms with Crippen molar-refractivity contribution in [1.82, 2.24) is 15.2 Å². The molecule has 2 rings (SSSR count). The van der Waals surface area contributed by atoms with E-state index in [9.17, 15) is 0 Å². The first-order valence-corrected chi connectivity index (χ1v) is 8.84. The van der Waals surface area contributed by atoms with Crippen molar-refractivity contribution in [2.45, 2.75) is 39.5 Å². The van der Waals surface area contributed by atoms with Crippen molar-refractivity contribution in [3.8, 4) is 0 Å². The van der Waals surface area contributed by atoms with E-state index >= 15 is 0 Å². The average Bonchev–Trinajstić information content (AvgIpc) is 2.92. The maximum atomic E-state index is 4.33. The Morgan fingerprint density at radius 3 is 2.76 bits per heavy atom. The normalized spacial score (nSPS) is 11.5. The van der Waals surface area contributed by atoms with E-state index in [1.165, 1.54) is 15.6 Å². The maximum Gasteiger partial charge on any atom is 0.0795 e. The minimum absolute atomic E-state index is 0.507. The van der Waals surface area contributed by atoms with Crippen molar-refractivity contribution < 1.29 is 0 Å². The molecule has 3 nitrogen and oxygen atoms in total. The average molecular weight is 368 g/mol. The summed E-state index contributed by atoms with van der Waals surface area (Å²) in [5.41, 5.74) is 5.63. The highest BCUT2D eigenvalue weighted by Crippen LogP contribution is 2.21. The lowest BCUT2D eigenvalue weighted by Crippen LogP contribution is -2.22. The topological polar surface area (TPSA) is 28.2 Å². The second kappa shape index (κ2) is 8.03. The molecule has 0 unspecified atom stereocenters. The van der Waals surface area contributed by atoms with Gasteiger partial charge in [0, 0.05) is 35.5 Å². The minimum Gasteiger partial charge on any atom is -0.310 e. The fourth-order valence-electron chi connectivity index (χ4n) is 2.09. The largest absolute Gasteiger partial charge is 0.310 e. The number of hydrogen-bond donors (Lipinski definition) is 1. The molecule has 0 spiro atoms. The quantitative estimate of drug-likeness (QED) is 0.800. The third-order valence-corrected chi connectivity index (χ3v) is 4.56. The predicted octanol–water partition coefficient (Wildman–Crippen LogP) is 4.04. The van der Waals surface area contributed by atoms with Crippen LogP contribution in [0.3, 0.4) is 0 Å². The molecule has 1 aromatic heterocycles. The van der Waals surface area contributed by atoms with Crippen molar-refractivity contribution in [3.05, 3.63) is 50.4 Å². The van der Waals surface area contributed by atoms with E-state index < -0.39 is 0 Å². The lowest BCUT2D eigenvalue weighted by atomic mass is 10.1. The third kappa shape index (κ3) is 5.51. The van der Waals surface area contributed by atoms with Crippen molar-refractivity contribution in [2.75, 3.05) is 7.05 Å². The SMILES string of the molecule is CC(C)NCc1ccc(CN(C)Cc2cscn2)c(Br)c1. The van der Waals surface area contributed by atoms with Crippen LogP contribution in [-0.4, -0.2) is 23.0 Å². The second-order valence-corrected chi connectivity index (χ2v) is 7.19. The Kier molecular flexibility index (Phi) is 6.36. The summed E-state index contributed by atoms with van der Waals surface area (Å²) in [7, 11) is 2.13. The summed E-state index contributed by atoms with van der Waals surface area (Å²) in [6.45, 7) is 7.03. The van der Waals surface area contributed by atoms with E-state index in [1.54, 1.807) is 11.3 Å². The third-order valence-electron chi connectivity index (χ3n) is 3.19. The zero-order chi connectivity index (χ0) is 15.2. The first-order valence-electron chi connectivity index (χ1n) is 7.11. The molecule has 0 amide bonds.